The van der Waals surface area contributed by atoms with Gasteiger partial charge in [-0.15, -0.1) is 0 Å². The van der Waals surface area contributed by atoms with Gasteiger partial charge in [-0.1, -0.05) is 55.0 Å². The highest BCUT2D eigenvalue weighted by Gasteiger charge is 2.39. The molecule has 4 aromatic rings. The molecule has 2 aliphatic carbocycles. The van der Waals surface area contributed by atoms with Gasteiger partial charge in [0.15, 0.2) is 0 Å². The van der Waals surface area contributed by atoms with E-state index in [9.17, 15) is 4.79 Å². The molecule has 3 heteroatoms. The molecule has 3 nitrogen and oxygen atoms in total. The molecule has 2 aromatic carbocycles. The zero-order valence-electron chi connectivity index (χ0n) is 18.4. The average Bonchev–Trinajstić information content (AvgIpc) is 3.49. The predicted molar refractivity (Wildman–Crippen MR) is 128 cm³/mol. The fourth-order valence-electron chi connectivity index (χ4n) is 6.51. The summed E-state index contributed by atoms with van der Waals surface area (Å²) in [6, 6.07) is 21.0. The van der Waals surface area contributed by atoms with Gasteiger partial charge in [0.1, 0.15) is 0 Å². The molecule has 0 amide bonds. The number of nitrogens with zero attached hydrogens (tertiary/aromatic N) is 2. The molecule has 3 atom stereocenters. The first-order chi connectivity index (χ1) is 15.0. The van der Waals surface area contributed by atoms with Crippen molar-refractivity contribution in [3.8, 4) is 0 Å². The summed E-state index contributed by atoms with van der Waals surface area (Å²) in [6.07, 6.45) is 7.60. The number of hydrogen-bond donors (Lipinski definition) is 0. The number of aromatic nitrogens is 2. The van der Waals surface area contributed by atoms with E-state index in [0.717, 1.165) is 46.2 Å². The van der Waals surface area contributed by atoms with Gasteiger partial charge in [0.2, 0.25) is 0 Å². The maximum Gasteiger partial charge on any atom is 0.261 e. The smallest absolute Gasteiger partial charge is 0.261 e. The Bertz CT molecular complexity index is 1330. The molecule has 0 aliphatic heterocycles. The topological polar surface area (TPSA) is 26.9 Å². The van der Waals surface area contributed by atoms with Crippen molar-refractivity contribution in [3.63, 3.8) is 0 Å². The van der Waals surface area contributed by atoms with Crippen LogP contribution in [0.4, 0.5) is 0 Å². The number of hydrogen-bond acceptors (Lipinski definition) is 1. The van der Waals surface area contributed by atoms with Gasteiger partial charge < -0.3 is 9.13 Å². The number of fused-ring (bicyclic) bond motifs is 5. The van der Waals surface area contributed by atoms with Crippen LogP contribution in [-0.2, 0) is 12.1 Å². The second kappa shape index (κ2) is 6.85. The third-order valence-corrected chi connectivity index (χ3v) is 8.21. The van der Waals surface area contributed by atoms with Crippen molar-refractivity contribution in [2.24, 2.45) is 17.8 Å². The standard InChI is InChI=1S/C28H30N2O/c1-28(2,22-8-4-3-5-9-22)30-15-14-25-26(27(30)31)23-10-6-7-11-24(23)29(25)18-21-17-19-12-13-20(21)16-19/h3-11,14-15,19-21H,12-13,16-18H2,1-2H3. The van der Waals surface area contributed by atoms with Gasteiger partial charge in [-0.25, -0.2) is 0 Å². The third-order valence-electron chi connectivity index (χ3n) is 8.21. The van der Waals surface area contributed by atoms with Crippen molar-refractivity contribution in [2.75, 3.05) is 0 Å². The van der Waals surface area contributed by atoms with Crippen LogP contribution in [0.1, 0.15) is 45.1 Å². The van der Waals surface area contributed by atoms with Crippen LogP contribution in [-0.4, -0.2) is 9.13 Å². The Kier molecular flexibility index (Phi) is 4.18. The minimum Gasteiger partial charge on any atom is -0.340 e. The molecule has 31 heavy (non-hydrogen) atoms. The first-order valence-corrected chi connectivity index (χ1v) is 11.7. The second-order valence-electron chi connectivity index (χ2n) is 10.2. The maximum absolute atomic E-state index is 13.9. The Morgan fingerprint density at radius 3 is 2.42 bits per heavy atom. The lowest BCUT2D eigenvalue weighted by Crippen LogP contribution is -2.36. The fourth-order valence-corrected chi connectivity index (χ4v) is 6.51. The van der Waals surface area contributed by atoms with Gasteiger partial charge in [0.25, 0.3) is 5.56 Å². The molecule has 2 saturated carbocycles. The molecule has 158 valence electrons. The largest absolute Gasteiger partial charge is 0.340 e. The number of pyridine rings is 1. The Balaban J connectivity index is 1.53. The molecule has 3 unspecified atom stereocenters. The first kappa shape index (κ1) is 18.9. The van der Waals surface area contributed by atoms with E-state index in [0.29, 0.717) is 0 Å². The molecule has 2 fully saturated rings. The summed E-state index contributed by atoms with van der Waals surface area (Å²) in [5.74, 6) is 2.56. The summed E-state index contributed by atoms with van der Waals surface area (Å²) < 4.78 is 4.36. The molecule has 0 radical (unpaired) electrons. The van der Waals surface area contributed by atoms with Crippen LogP contribution in [0.25, 0.3) is 21.8 Å². The van der Waals surface area contributed by atoms with E-state index in [1.165, 1.54) is 31.2 Å². The van der Waals surface area contributed by atoms with Crippen molar-refractivity contribution in [1.82, 2.24) is 9.13 Å². The number of benzene rings is 2. The van der Waals surface area contributed by atoms with E-state index >= 15 is 0 Å². The van der Waals surface area contributed by atoms with Gasteiger partial charge in [-0.2, -0.15) is 0 Å². The van der Waals surface area contributed by atoms with Crippen molar-refractivity contribution in [2.45, 2.75) is 51.6 Å². The van der Waals surface area contributed by atoms with Gasteiger partial charge in [-0.3, -0.25) is 4.79 Å². The molecular formula is C28H30N2O. The highest BCUT2D eigenvalue weighted by Crippen LogP contribution is 2.49. The molecule has 0 saturated heterocycles. The van der Waals surface area contributed by atoms with Crippen LogP contribution in [0.3, 0.4) is 0 Å². The molecule has 2 bridgehead atoms. The summed E-state index contributed by atoms with van der Waals surface area (Å²) >= 11 is 0. The van der Waals surface area contributed by atoms with Crippen molar-refractivity contribution >= 4 is 21.8 Å². The summed E-state index contributed by atoms with van der Waals surface area (Å²) in [5, 5.41) is 1.95. The van der Waals surface area contributed by atoms with Crippen LogP contribution >= 0.6 is 0 Å². The molecule has 0 spiro atoms. The predicted octanol–water partition coefficient (Wildman–Crippen LogP) is 6.18. The van der Waals surface area contributed by atoms with E-state index in [1.807, 2.05) is 29.0 Å². The Morgan fingerprint density at radius 1 is 0.903 bits per heavy atom. The van der Waals surface area contributed by atoms with Gasteiger partial charge >= 0.3 is 0 Å². The Labute approximate surface area is 183 Å². The van der Waals surface area contributed by atoms with Crippen LogP contribution < -0.4 is 5.56 Å². The number of para-hydroxylation sites is 1. The van der Waals surface area contributed by atoms with E-state index in [1.54, 1.807) is 0 Å². The highest BCUT2D eigenvalue weighted by molar-refractivity contribution is 6.07. The van der Waals surface area contributed by atoms with Gasteiger partial charge in [0, 0.05) is 23.6 Å². The summed E-state index contributed by atoms with van der Waals surface area (Å²) in [4.78, 5) is 13.9. The van der Waals surface area contributed by atoms with E-state index in [2.05, 4.69) is 60.9 Å². The van der Waals surface area contributed by atoms with E-state index in [-0.39, 0.29) is 5.56 Å². The summed E-state index contributed by atoms with van der Waals surface area (Å²) in [6.45, 7) is 5.30. The molecule has 2 aromatic heterocycles. The van der Waals surface area contributed by atoms with Crippen molar-refractivity contribution < 1.29 is 0 Å². The zero-order valence-corrected chi connectivity index (χ0v) is 18.4. The summed E-state index contributed by atoms with van der Waals surface area (Å²) in [5.41, 5.74) is 3.12. The van der Waals surface area contributed by atoms with Crippen LogP contribution in [0.5, 0.6) is 0 Å². The molecule has 2 heterocycles. The highest BCUT2D eigenvalue weighted by atomic mass is 16.1. The first-order valence-electron chi connectivity index (χ1n) is 11.7. The third kappa shape index (κ3) is 2.82. The quantitative estimate of drug-likeness (QED) is 0.395. The average molecular weight is 411 g/mol. The monoisotopic (exact) mass is 410 g/mol. The summed E-state index contributed by atoms with van der Waals surface area (Å²) in [7, 11) is 0. The Hall–Kier alpha value is -2.81. The Morgan fingerprint density at radius 2 is 1.68 bits per heavy atom. The molecule has 0 N–H and O–H groups in total. The zero-order chi connectivity index (χ0) is 21.2. The van der Waals surface area contributed by atoms with E-state index in [4.69, 9.17) is 0 Å². The normalized spacial score (nSPS) is 23.2. The lowest BCUT2D eigenvalue weighted by Gasteiger charge is -2.28. The van der Waals surface area contributed by atoms with Crippen LogP contribution in [0.2, 0.25) is 0 Å². The molecule has 6 rings (SSSR count). The SMILES string of the molecule is CC(C)(c1ccccc1)n1ccc2c(c1=O)c1ccccc1n2CC1CC2CCC1C2. The van der Waals surface area contributed by atoms with Crippen LogP contribution in [0.15, 0.2) is 71.7 Å². The van der Waals surface area contributed by atoms with E-state index < -0.39 is 5.54 Å². The molecular weight excluding hydrogens is 380 g/mol. The second-order valence-corrected chi connectivity index (χ2v) is 10.2. The molecule has 2 aliphatic rings. The van der Waals surface area contributed by atoms with Gasteiger partial charge in [0.05, 0.1) is 16.4 Å². The maximum atomic E-state index is 13.9. The lowest BCUT2D eigenvalue weighted by atomic mass is 9.89. The fraction of sp³-hybridized carbons (Fsp3) is 0.393. The lowest BCUT2D eigenvalue weighted by molar-refractivity contribution is 0.301. The minimum atomic E-state index is -0.416. The van der Waals surface area contributed by atoms with Crippen molar-refractivity contribution in [3.05, 3.63) is 82.8 Å². The van der Waals surface area contributed by atoms with Crippen molar-refractivity contribution in [1.29, 1.82) is 0 Å². The number of rotatable bonds is 4. The minimum absolute atomic E-state index is 0.106. The van der Waals surface area contributed by atoms with Gasteiger partial charge in [-0.05, 0) is 68.6 Å². The van der Waals surface area contributed by atoms with Crippen LogP contribution in [0, 0.1) is 17.8 Å².